The summed E-state index contributed by atoms with van der Waals surface area (Å²) in [5.41, 5.74) is 1.33. The van der Waals surface area contributed by atoms with Crippen LogP contribution < -0.4 is 0 Å². The summed E-state index contributed by atoms with van der Waals surface area (Å²) in [6.07, 6.45) is 16.8. The lowest BCUT2D eigenvalue weighted by molar-refractivity contribution is -0.114. The second-order valence-corrected chi connectivity index (χ2v) is 13.5. The van der Waals surface area contributed by atoms with Crippen LogP contribution in [0.4, 0.5) is 0 Å². The molecule has 0 heterocycles. The second-order valence-electron chi connectivity index (χ2n) is 13.5. The molecule has 4 aliphatic rings. The Kier molecular flexibility index (Phi) is 6.25. The summed E-state index contributed by atoms with van der Waals surface area (Å²) in [7, 11) is 0. The molecule has 0 aliphatic heterocycles. The molecule has 4 rings (SSSR count). The Labute approximate surface area is 183 Å². The third-order valence-electron chi connectivity index (χ3n) is 11.8. The summed E-state index contributed by atoms with van der Waals surface area (Å²) < 4.78 is 0. The minimum atomic E-state index is 0.638. The first-order valence-corrected chi connectivity index (χ1v) is 13.7. The van der Waals surface area contributed by atoms with Crippen LogP contribution in [0, 0.1) is 64.1 Å². The van der Waals surface area contributed by atoms with Crippen LogP contribution in [0.2, 0.25) is 0 Å². The van der Waals surface area contributed by atoms with Crippen LogP contribution in [0.5, 0.6) is 0 Å². The van der Waals surface area contributed by atoms with Crippen LogP contribution in [0.25, 0.3) is 0 Å². The molecule has 0 heteroatoms. The number of hydrogen-bond donors (Lipinski definition) is 0. The van der Waals surface area contributed by atoms with Crippen molar-refractivity contribution in [3.05, 3.63) is 0 Å². The van der Waals surface area contributed by atoms with Gasteiger partial charge in [0, 0.05) is 0 Å². The molecule has 2 unspecified atom stereocenters. The summed E-state index contributed by atoms with van der Waals surface area (Å²) in [5.74, 6) is 8.78. The SMILES string of the molecule is CC1C[C@H]2[C@@H]3CCC4CCCC[C@]4(C)[C@H]3CC[C@]2(C)[C@H]1[C@H](C)CC[C@H](C)C(C)C. The van der Waals surface area contributed by atoms with Crippen LogP contribution in [-0.2, 0) is 0 Å². The van der Waals surface area contributed by atoms with Gasteiger partial charge in [-0.25, -0.2) is 0 Å². The van der Waals surface area contributed by atoms with E-state index in [9.17, 15) is 0 Å². The van der Waals surface area contributed by atoms with Crippen LogP contribution in [0.1, 0.15) is 119 Å². The van der Waals surface area contributed by atoms with Gasteiger partial charge in [-0.1, -0.05) is 74.1 Å². The van der Waals surface area contributed by atoms with Gasteiger partial charge in [-0.05, 0) is 109 Å². The average Bonchev–Trinajstić information content (AvgIpc) is 2.95. The molecule has 0 amide bonds. The molecule has 0 radical (unpaired) electrons. The Hall–Kier alpha value is 0. The van der Waals surface area contributed by atoms with Crippen LogP contribution in [0.15, 0.2) is 0 Å². The van der Waals surface area contributed by atoms with E-state index in [1.54, 1.807) is 44.9 Å². The van der Waals surface area contributed by atoms with E-state index >= 15 is 0 Å². The van der Waals surface area contributed by atoms with Crippen molar-refractivity contribution in [2.75, 3.05) is 0 Å². The lowest BCUT2D eigenvalue weighted by Gasteiger charge is -2.61. The Balaban J connectivity index is 1.50. The van der Waals surface area contributed by atoms with Crippen LogP contribution >= 0.6 is 0 Å². The Morgan fingerprint density at radius 3 is 2.28 bits per heavy atom. The zero-order valence-corrected chi connectivity index (χ0v) is 21.0. The van der Waals surface area contributed by atoms with Gasteiger partial charge >= 0.3 is 0 Å². The van der Waals surface area contributed by atoms with E-state index in [-0.39, 0.29) is 0 Å². The highest BCUT2D eigenvalue weighted by Gasteiger charge is 2.61. The van der Waals surface area contributed by atoms with Gasteiger partial charge < -0.3 is 0 Å². The maximum absolute atomic E-state index is 2.76. The summed E-state index contributed by atoms with van der Waals surface area (Å²) in [6, 6.07) is 0. The van der Waals surface area contributed by atoms with Gasteiger partial charge in [0.2, 0.25) is 0 Å². The van der Waals surface area contributed by atoms with Crippen LogP contribution in [-0.4, -0.2) is 0 Å². The van der Waals surface area contributed by atoms with Crippen molar-refractivity contribution >= 4 is 0 Å². The van der Waals surface area contributed by atoms with E-state index in [0.717, 1.165) is 53.3 Å². The molecule has 29 heavy (non-hydrogen) atoms. The molecule has 0 nitrogen and oxygen atoms in total. The lowest BCUT2D eigenvalue weighted by Crippen LogP contribution is -2.53. The molecular weight excluding hydrogens is 348 g/mol. The van der Waals surface area contributed by atoms with E-state index < -0.39 is 0 Å². The second kappa shape index (κ2) is 8.16. The monoisotopic (exact) mass is 400 g/mol. The molecule has 0 aromatic carbocycles. The van der Waals surface area contributed by atoms with E-state index in [0.29, 0.717) is 10.8 Å². The molecule has 168 valence electrons. The maximum Gasteiger partial charge on any atom is -0.0261 e. The topological polar surface area (TPSA) is 0 Å². The van der Waals surface area contributed by atoms with E-state index in [1.807, 2.05) is 0 Å². The van der Waals surface area contributed by atoms with Gasteiger partial charge in [0.05, 0.1) is 0 Å². The molecule has 4 fully saturated rings. The molecule has 0 spiro atoms. The molecule has 4 aliphatic carbocycles. The summed E-state index contributed by atoms with van der Waals surface area (Å²) in [4.78, 5) is 0. The van der Waals surface area contributed by atoms with Gasteiger partial charge in [-0.15, -0.1) is 0 Å². The number of rotatable bonds is 5. The quantitative estimate of drug-likeness (QED) is 0.432. The Bertz CT molecular complexity index is 562. The highest BCUT2D eigenvalue weighted by atomic mass is 14.7. The zero-order chi connectivity index (χ0) is 21.0. The van der Waals surface area contributed by atoms with Crippen molar-refractivity contribution in [3.63, 3.8) is 0 Å². The smallest absolute Gasteiger partial charge is 0.0261 e. The molecule has 0 N–H and O–H groups in total. The Morgan fingerprint density at radius 2 is 1.55 bits per heavy atom. The van der Waals surface area contributed by atoms with E-state index in [1.165, 1.54) is 25.7 Å². The van der Waals surface area contributed by atoms with Gasteiger partial charge in [0.15, 0.2) is 0 Å². The van der Waals surface area contributed by atoms with Crippen molar-refractivity contribution in [3.8, 4) is 0 Å². The predicted molar refractivity (Wildman–Crippen MR) is 127 cm³/mol. The fourth-order valence-electron chi connectivity index (χ4n) is 9.95. The van der Waals surface area contributed by atoms with Gasteiger partial charge in [-0.3, -0.25) is 0 Å². The highest BCUT2D eigenvalue weighted by molar-refractivity contribution is 5.10. The van der Waals surface area contributed by atoms with Crippen molar-refractivity contribution in [1.29, 1.82) is 0 Å². The summed E-state index contributed by atoms with van der Waals surface area (Å²) in [6.45, 7) is 18.1. The fourth-order valence-corrected chi connectivity index (χ4v) is 9.95. The van der Waals surface area contributed by atoms with Crippen molar-refractivity contribution < 1.29 is 0 Å². The van der Waals surface area contributed by atoms with Crippen molar-refractivity contribution in [2.24, 2.45) is 64.1 Å². The molecule has 4 saturated carbocycles. The minimum absolute atomic E-state index is 0.638. The minimum Gasteiger partial charge on any atom is -0.0625 e. The van der Waals surface area contributed by atoms with E-state index in [4.69, 9.17) is 0 Å². The Morgan fingerprint density at radius 1 is 0.793 bits per heavy atom. The first-order valence-electron chi connectivity index (χ1n) is 13.7. The van der Waals surface area contributed by atoms with Crippen LogP contribution in [0.3, 0.4) is 0 Å². The van der Waals surface area contributed by atoms with Crippen molar-refractivity contribution in [2.45, 2.75) is 119 Å². The normalized spacial score (nSPS) is 49.2. The molecule has 0 aromatic heterocycles. The first kappa shape index (κ1) is 22.2. The summed E-state index contributed by atoms with van der Waals surface area (Å²) in [5, 5.41) is 0. The van der Waals surface area contributed by atoms with E-state index in [2.05, 4.69) is 48.5 Å². The number of fused-ring (bicyclic) bond motifs is 5. The van der Waals surface area contributed by atoms with Gasteiger partial charge in [0.1, 0.15) is 0 Å². The average molecular weight is 401 g/mol. The van der Waals surface area contributed by atoms with Gasteiger partial charge in [-0.2, -0.15) is 0 Å². The molecule has 0 aromatic rings. The van der Waals surface area contributed by atoms with Gasteiger partial charge in [0.25, 0.3) is 0 Å². The zero-order valence-electron chi connectivity index (χ0n) is 21.0. The standard InChI is InChI=1S/C29H52/c1-19(2)20(3)11-12-21(4)27-22(5)18-26-24-14-13-23-10-8-9-16-28(23,6)25(24)15-17-29(26,27)7/h19-27H,8-18H2,1-7H3/t20-,21+,22?,23?,24+,25-,26-,27-,28-,29-/m0/s1. The third-order valence-corrected chi connectivity index (χ3v) is 11.8. The number of hydrogen-bond acceptors (Lipinski definition) is 0. The molecule has 0 saturated heterocycles. The third kappa shape index (κ3) is 3.65. The largest absolute Gasteiger partial charge is 0.0625 e. The highest BCUT2D eigenvalue weighted by Crippen LogP contribution is 2.69. The molecular formula is C29H52. The molecule has 10 atom stereocenters. The summed E-state index contributed by atoms with van der Waals surface area (Å²) >= 11 is 0. The predicted octanol–water partition coefficient (Wildman–Crippen LogP) is 8.99. The lowest BCUT2D eigenvalue weighted by atomic mass is 9.44. The fraction of sp³-hybridized carbons (Fsp3) is 1.00. The van der Waals surface area contributed by atoms with Crippen molar-refractivity contribution in [1.82, 2.24) is 0 Å². The maximum atomic E-state index is 2.76. The first-order chi connectivity index (χ1) is 13.7. The molecule has 0 bridgehead atoms.